The average molecular weight is 133 g/mol. The maximum atomic E-state index is 4.11. The molecule has 0 amide bonds. The Morgan fingerprint density at radius 3 is 3.30 bits per heavy atom. The number of fused-ring (bicyclic) bond motifs is 1. The highest BCUT2D eigenvalue weighted by atomic mass is 15.5. The second-order valence-corrected chi connectivity index (χ2v) is 2.00. The summed E-state index contributed by atoms with van der Waals surface area (Å²) >= 11 is 0. The van der Waals surface area contributed by atoms with Crippen LogP contribution in [0.15, 0.2) is 41.4 Å². The van der Waals surface area contributed by atoms with Crippen LogP contribution in [0.5, 0.6) is 0 Å². The maximum Gasteiger partial charge on any atom is 0.151 e. The zero-order valence-electron chi connectivity index (χ0n) is 5.36. The molecule has 50 valence electrons. The molecule has 0 radical (unpaired) electrons. The average Bonchev–Trinajstić information content (AvgIpc) is 2.05. The summed E-state index contributed by atoms with van der Waals surface area (Å²) in [5.74, 6) is 0.921. The molecule has 0 fully saturated rings. The molecule has 1 N–H and O–H groups in total. The molecule has 0 saturated heterocycles. The quantitative estimate of drug-likeness (QED) is 0.528. The number of hydrazine groups is 1. The minimum atomic E-state index is 0.921. The highest BCUT2D eigenvalue weighted by Gasteiger charge is 2.06. The van der Waals surface area contributed by atoms with Gasteiger partial charge < -0.3 is 5.43 Å². The summed E-state index contributed by atoms with van der Waals surface area (Å²) in [6.07, 6.45) is 11.3. The molecule has 0 bridgehead atoms. The van der Waals surface area contributed by atoms with Gasteiger partial charge in [0.25, 0.3) is 0 Å². The first-order chi connectivity index (χ1) is 4.97. The van der Waals surface area contributed by atoms with E-state index in [0.29, 0.717) is 0 Å². The standard InChI is InChI=1S/C7H7N3/c1-3-7-8-4-2-6-10(7)9-5-1/h1-6,9H. The fourth-order valence-electron chi connectivity index (χ4n) is 0.873. The predicted octanol–water partition coefficient (Wildman–Crippen LogP) is 0.760. The van der Waals surface area contributed by atoms with E-state index in [1.807, 2.05) is 35.6 Å². The van der Waals surface area contributed by atoms with Crippen LogP contribution in [0.1, 0.15) is 0 Å². The van der Waals surface area contributed by atoms with E-state index in [4.69, 9.17) is 0 Å². The third kappa shape index (κ3) is 0.719. The number of nitrogens with zero attached hydrogens (tertiary/aromatic N) is 2. The van der Waals surface area contributed by atoms with Gasteiger partial charge in [-0.3, -0.25) is 0 Å². The van der Waals surface area contributed by atoms with Crippen LogP contribution in [0.4, 0.5) is 0 Å². The molecule has 2 aliphatic heterocycles. The van der Waals surface area contributed by atoms with Crippen LogP contribution < -0.4 is 5.43 Å². The van der Waals surface area contributed by atoms with Crippen LogP contribution in [0.2, 0.25) is 0 Å². The summed E-state index contributed by atoms with van der Waals surface area (Å²) in [7, 11) is 0. The van der Waals surface area contributed by atoms with Gasteiger partial charge in [0.1, 0.15) is 0 Å². The van der Waals surface area contributed by atoms with Gasteiger partial charge in [0, 0.05) is 18.6 Å². The third-order valence-corrected chi connectivity index (χ3v) is 1.33. The zero-order chi connectivity index (χ0) is 6.81. The monoisotopic (exact) mass is 133 g/mol. The van der Waals surface area contributed by atoms with E-state index in [1.165, 1.54) is 0 Å². The van der Waals surface area contributed by atoms with Gasteiger partial charge in [0.05, 0.1) is 0 Å². The Hall–Kier alpha value is -1.51. The first-order valence-corrected chi connectivity index (χ1v) is 3.10. The van der Waals surface area contributed by atoms with E-state index < -0.39 is 0 Å². The van der Waals surface area contributed by atoms with Crippen molar-refractivity contribution in [2.75, 3.05) is 0 Å². The lowest BCUT2D eigenvalue weighted by atomic mass is 10.4. The fourth-order valence-corrected chi connectivity index (χ4v) is 0.873. The van der Waals surface area contributed by atoms with Crippen molar-refractivity contribution in [3.8, 4) is 0 Å². The summed E-state index contributed by atoms with van der Waals surface area (Å²) in [4.78, 5) is 4.11. The number of allylic oxidation sites excluding steroid dienone is 3. The Morgan fingerprint density at radius 1 is 1.40 bits per heavy atom. The second kappa shape index (κ2) is 2.02. The second-order valence-electron chi connectivity index (χ2n) is 2.00. The van der Waals surface area contributed by atoms with Crippen LogP contribution in [-0.2, 0) is 0 Å². The molecule has 0 aromatic heterocycles. The van der Waals surface area contributed by atoms with Crippen molar-refractivity contribution in [1.29, 1.82) is 0 Å². The zero-order valence-corrected chi connectivity index (χ0v) is 5.36. The van der Waals surface area contributed by atoms with Gasteiger partial charge in [-0.1, -0.05) is 0 Å². The van der Waals surface area contributed by atoms with Crippen molar-refractivity contribution in [1.82, 2.24) is 10.4 Å². The number of hydrogen-bond acceptors (Lipinski definition) is 3. The Labute approximate surface area is 59.0 Å². The molecule has 0 aromatic rings. The largest absolute Gasteiger partial charge is 0.300 e. The molecule has 2 rings (SSSR count). The van der Waals surface area contributed by atoms with Crippen LogP contribution in [-0.4, -0.2) is 11.2 Å². The van der Waals surface area contributed by atoms with Crippen molar-refractivity contribution < 1.29 is 0 Å². The molecule has 0 unspecified atom stereocenters. The topological polar surface area (TPSA) is 27.6 Å². The Balaban J connectivity index is 2.34. The van der Waals surface area contributed by atoms with Gasteiger partial charge in [0.15, 0.2) is 5.82 Å². The molecule has 0 spiro atoms. The first kappa shape index (κ1) is 5.29. The molecule has 2 heterocycles. The van der Waals surface area contributed by atoms with Crippen LogP contribution in [0.25, 0.3) is 0 Å². The van der Waals surface area contributed by atoms with E-state index in [9.17, 15) is 0 Å². The lowest BCUT2D eigenvalue weighted by molar-refractivity contribution is 0.385. The van der Waals surface area contributed by atoms with Gasteiger partial charge in [-0.15, -0.1) is 0 Å². The van der Waals surface area contributed by atoms with E-state index in [-0.39, 0.29) is 0 Å². The fraction of sp³-hybridized carbons (Fsp3) is 0. The maximum absolute atomic E-state index is 4.11. The van der Waals surface area contributed by atoms with Gasteiger partial charge in [-0.25, -0.2) is 10.0 Å². The van der Waals surface area contributed by atoms with Crippen molar-refractivity contribution in [2.45, 2.75) is 0 Å². The minimum Gasteiger partial charge on any atom is -0.300 e. The number of aliphatic imine (C=N–C) groups is 1. The van der Waals surface area contributed by atoms with Crippen LogP contribution in [0, 0.1) is 0 Å². The highest BCUT2D eigenvalue weighted by Crippen LogP contribution is 2.09. The molecule has 0 atom stereocenters. The summed E-state index contributed by atoms with van der Waals surface area (Å²) in [6.45, 7) is 0. The lowest BCUT2D eigenvalue weighted by Gasteiger charge is -2.23. The Kier molecular flexibility index (Phi) is 1.07. The molecule has 0 aliphatic carbocycles. The van der Waals surface area contributed by atoms with Crippen molar-refractivity contribution in [3.05, 3.63) is 36.4 Å². The SMILES string of the molecule is C1=CNN2C=CC=NC2=C1. The van der Waals surface area contributed by atoms with Gasteiger partial charge in [-0.2, -0.15) is 0 Å². The van der Waals surface area contributed by atoms with Gasteiger partial charge in [-0.05, 0) is 18.2 Å². The summed E-state index contributed by atoms with van der Waals surface area (Å²) in [6, 6.07) is 0. The number of rotatable bonds is 0. The predicted molar refractivity (Wildman–Crippen MR) is 39.8 cm³/mol. The minimum absolute atomic E-state index is 0.921. The summed E-state index contributed by atoms with van der Waals surface area (Å²) < 4.78 is 0. The van der Waals surface area contributed by atoms with E-state index in [2.05, 4.69) is 10.4 Å². The Morgan fingerprint density at radius 2 is 2.40 bits per heavy atom. The number of hydrogen-bond donors (Lipinski definition) is 1. The van der Waals surface area contributed by atoms with E-state index in [0.717, 1.165) is 5.82 Å². The first-order valence-electron chi connectivity index (χ1n) is 3.10. The van der Waals surface area contributed by atoms with Crippen LogP contribution >= 0.6 is 0 Å². The van der Waals surface area contributed by atoms with Crippen molar-refractivity contribution >= 4 is 6.21 Å². The smallest absolute Gasteiger partial charge is 0.151 e. The van der Waals surface area contributed by atoms with Gasteiger partial charge in [0.2, 0.25) is 0 Å². The molecule has 3 nitrogen and oxygen atoms in total. The number of nitrogens with one attached hydrogen (secondary N) is 1. The normalized spacial score (nSPS) is 20.0. The lowest BCUT2D eigenvalue weighted by Crippen LogP contribution is -2.30. The molecular formula is C7H7N3. The summed E-state index contributed by atoms with van der Waals surface area (Å²) in [5, 5.41) is 1.85. The molecule has 10 heavy (non-hydrogen) atoms. The molecule has 2 aliphatic rings. The van der Waals surface area contributed by atoms with Crippen molar-refractivity contribution in [3.63, 3.8) is 0 Å². The van der Waals surface area contributed by atoms with E-state index in [1.54, 1.807) is 6.21 Å². The molecule has 0 aromatic carbocycles. The van der Waals surface area contributed by atoms with Crippen molar-refractivity contribution in [2.24, 2.45) is 4.99 Å². The molecule has 3 heteroatoms. The third-order valence-electron chi connectivity index (χ3n) is 1.33. The van der Waals surface area contributed by atoms with Crippen LogP contribution in [0.3, 0.4) is 0 Å². The molecular weight excluding hydrogens is 126 g/mol. The Bertz CT molecular complexity index is 248. The van der Waals surface area contributed by atoms with Gasteiger partial charge >= 0.3 is 0 Å². The highest BCUT2D eigenvalue weighted by molar-refractivity contribution is 5.73. The molecule has 0 saturated carbocycles. The van der Waals surface area contributed by atoms with E-state index >= 15 is 0 Å². The summed E-state index contributed by atoms with van der Waals surface area (Å²) in [5.41, 5.74) is 3.00.